The van der Waals surface area contributed by atoms with E-state index in [1.165, 1.54) is 0 Å². The highest BCUT2D eigenvalue weighted by atomic mass is 16.5. The number of nitrogens with one attached hydrogen (secondary N) is 1. The average molecular weight is 297 g/mol. The molecule has 0 bridgehead atoms. The predicted molar refractivity (Wildman–Crippen MR) is 79.7 cm³/mol. The first-order chi connectivity index (χ1) is 10.7. The number of carbonyl (C=O) groups is 1. The smallest absolute Gasteiger partial charge is 0.291 e. The average Bonchev–Trinajstić information content (AvgIpc) is 2.98. The fraction of sp³-hybridized carbons (Fsp3) is 0.200. The number of rotatable bonds is 4. The van der Waals surface area contributed by atoms with Gasteiger partial charge in [0, 0.05) is 18.4 Å². The molecule has 0 saturated heterocycles. The first-order valence-corrected chi connectivity index (χ1v) is 6.77. The zero-order valence-electron chi connectivity index (χ0n) is 12.3. The summed E-state index contributed by atoms with van der Waals surface area (Å²) in [5.41, 5.74) is 1.80. The maximum atomic E-state index is 12.1. The first-order valence-electron chi connectivity index (χ1n) is 6.77. The minimum Gasteiger partial charge on any atom is -0.497 e. The van der Waals surface area contributed by atoms with E-state index in [2.05, 4.69) is 20.4 Å². The number of carbonyl (C=O) groups excluding carboxylic acids is 1. The van der Waals surface area contributed by atoms with Crippen molar-refractivity contribution in [3.63, 3.8) is 0 Å². The molecule has 1 aromatic carbocycles. The lowest BCUT2D eigenvalue weighted by Crippen LogP contribution is -2.24. The number of nitrogens with zero attached hydrogens (tertiary/aromatic N) is 4. The van der Waals surface area contributed by atoms with Crippen molar-refractivity contribution in [3.05, 3.63) is 53.6 Å². The van der Waals surface area contributed by atoms with E-state index >= 15 is 0 Å². The summed E-state index contributed by atoms with van der Waals surface area (Å²) in [6.45, 7) is 2.25. The molecular formula is C15H15N5O2. The molecule has 112 valence electrons. The lowest BCUT2D eigenvalue weighted by Gasteiger charge is -2.05. The van der Waals surface area contributed by atoms with Crippen molar-refractivity contribution in [2.75, 3.05) is 7.11 Å². The molecule has 0 unspecified atom stereocenters. The Kier molecular flexibility index (Phi) is 3.69. The molecule has 0 spiro atoms. The number of aromatic nitrogens is 4. The lowest BCUT2D eigenvalue weighted by molar-refractivity contribution is 0.0940. The normalized spacial score (nSPS) is 10.6. The van der Waals surface area contributed by atoms with Crippen LogP contribution >= 0.6 is 0 Å². The number of benzene rings is 1. The molecule has 1 N–H and O–H groups in total. The maximum Gasteiger partial charge on any atom is 0.291 e. The van der Waals surface area contributed by atoms with Gasteiger partial charge in [0.2, 0.25) is 5.82 Å². The summed E-state index contributed by atoms with van der Waals surface area (Å²) in [7, 11) is 1.60. The molecule has 2 heterocycles. The SMILES string of the molecule is COc1cccc(CNC(=O)c2nc3nccc(C)n3n2)c1. The molecule has 7 nitrogen and oxygen atoms in total. The van der Waals surface area contributed by atoms with Crippen molar-refractivity contribution in [1.29, 1.82) is 0 Å². The Morgan fingerprint density at radius 2 is 2.23 bits per heavy atom. The van der Waals surface area contributed by atoms with Crippen LogP contribution in [-0.4, -0.2) is 32.6 Å². The van der Waals surface area contributed by atoms with Gasteiger partial charge in [-0.3, -0.25) is 4.79 Å². The van der Waals surface area contributed by atoms with Gasteiger partial charge in [0.25, 0.3) is 11.7 Å². The van der Waals surface area contributed by atoms with Gasteiger partial charge in [-0.2, -0.15) is 4.98 Å². The van der Waals surface area contributed by atoms with Crippen molar-refractivity contribution in [1.82, 2.24) is 24.9 Å². The van der Waals surface area contributed by atoms with Crippen LogP contribution in [0.25, 0.3) is 5.78 Å². The van der Waals surface area contributed by atoms with Crippen LogP contribution in [0.1, 0.15) is 21.9 Å². The first kappa shape index (κ1) is 14.0. The van der Waals surface area contributed by atoms with Crippen LogP contribution in [0, 0.1) is 6.92 Å². The van der Waals surface area contributed by atoms with Crippen LogP contribution in [0.3, 0.4) is 0 Å². The second-order valence-electron chi connectivity index (χ2n) is 4.77. The number of fused-ring (bicyclic) bond motifs is 1. The second-order valence-corrected chi connectivity index (χ2v) is 4.77. The summed E-state index contributed by atoms with van der Waals surface area (Å²) >= 11 is 0. The Morgan fingerprint density at radius 1 is 1.36 bits per heavy atom. The van der Waals surface area contributed by atoms with E-state index in [1.54, 1.807) is 23.9 Å². The van der Waals surface area contributed by atoms with Crippen LogP contribution < -0.4 is 10.1 Å². The van der Waals surface area contributed by atoms with Crippen molar-refractivity contribution >= 4 is 11.7 Å². The summed E-state index contributed by atoms with van der Waals surface area (Å²) in [4.78, 5) is 20.3. The molecule has 7 heteroatoms. The van der Waals surface area contributed by atoms with E-state index in [9.17, 15) is 4.79 Å². The van der Waals surface area contributed by atoms with Crippen LogP contribution in [0.15, 0.2) is 36.5 Å². The third-order valence-corrected chi connectivity index (χ3v) is 3.22. The number of amides is 1. The van der Waals surface area contributed by atoms with E-state index in [0.29, 0.717) is 12.3 Å². The standard InChI is InChI=1S/C15H15N5O2/c1-10-6-7-16-15-18-13(19-20(10)15)14(21)17-9-11-4-3-5-12(8-11)22-2/h3-8H,9H2,1-2H3,(H,17,21). The molecule has 0 atom stereocenters. The summed E-state index contributed by atoms with van der Waals surface area (Å²) < 4.78 is 6.69. The number of ether oxygens (including phenoxy) is 1. The summed E-state index contributed by atoms with van der Waals surface area (Å²) in [5, 5.41) is 6.95. The molecule has 3 aromatic rings. The molecule has 0 aliphatic rings. The topological polar surface area (TPSA) is 81.4 Å². The number of hydrogen-bond donors (Lipinski definition) is 1. The lowest BCUT2D eigenvalue weighted by atomic mass is 10.2. The quantitative estimate of drug-likeness (QED) is 0.786. The van der Waals surface area contributed by atoms with E-state index in [-0.39, 0.29) is 11.7 Å². The molecule has 0 radical (unpaired) electrons. The second kappa shape index (κ2) is 5.80. The highest BCUT2D eigenvalue weighted by molar-refractivity contribution is 5.90. The van der Waals surface area contributed by atoms with Gasteiger partial charge in [-0.1, -0.05) is 12.1 Å². The fourth-order valence-electron chi connectivity index (χ4n) is 2.05. The van der Waals surface area contributed by atoms with Gasteiger partial charge in [-0.25, -0.2) is 9.50 Å². The van der Waals surface area contributed by atoms with Crippen molar-refractivity contribution < 1.29 is 9.53 Å². The molecule has 0 aliphatic heterocycles. The minimum absolute atomic E-state index is 0.102. The number of aryl methyl sites for hydroxylation is 1. The number of hydrogen-bond acceptors (Lipinski definition) is 5. The van der Waals surface area contributed by atoms with E-state index in [4.69, 9.17) is 4.74 Å². The van der Waals surface area contributed by atoms with Crippen LogP contribution in [0.2, 0.25) is 0 Å². The number of methoxy groups -OCH3 is 1. The highest BCUT2D eigenvalue weighted by Gasteiger charge is 2.14. The Labute approximate surface area is 127 Å². The van der Waals surface area contributed by atoms with Gasteiger partial charge >= 0.3 is 0 Å². The van der Waals surface area contributed by atoms with Gasteiger partial charge in [0.1, 0.15) is 5.75 Å². The van der Waals surface area contributed by atoms with Gasteiger partial charge in [0.05, 0.1) is 7.11 Å². The van der Waals surface area contributed by atoms with Crippen molar-refractivity contribution in [2.24, 2.45) is 0 Å². The summed E-state index contributed by atoms with van der Waals surface area (Å²) in [6, 6.07) is 9.30. The monoisotopic (exact) mass is 297 g/mol. The molecule has 3 rings (SSSR count). The summed E-state index contributed by atoms with van der Waals surface area (Å²) in [6.07, 6.45) is 1.64. The van der Waals surface area contributed by atoms with Crippen molar-refractivity contribution in [3.8, 4) is 5.75 Å². The maximum absolute atomic E-state index is 12.1. The largest absolute Gasteiger partial charge is 0.497 e. The zero-order chi connectivity index (χ0) is 15.5. The Morgan fingerprint density at radius 3 is 3.00 bits per heavy atom. The van der Waals surface area contributed by atoms with Crippen LogP contribution in [0.5, 0.6) is 5.75 Å². The molecule has 22 heavy (non-hydrogen) atoms. The fourth-order valence-corrected chi connectivity index (χ4v) is 2.05. The molecule has 0 fully saturated rings. The minimum atomic E-state index is -0.340. The van der Waals surface area contributed by atoms with E-state index in [1.807, 2.05) is 31.2 Å². The van der Waals surface area contributed by atoms with Gasteiger partial charge in [-0.05, 0) is 30.7 Å². The van der Waals surface area contributed by atoms with Crippen LogP contribution in [-0.2, 0) is 6.54 Å². The van der Waals surface area contributed by atoms with E-state index < -0.39 is 0 Å². The Hall–Kier alpha value is -2.96. The van der Waals surface area contributed by atoms with Crippen LogP contribution in [0.4, 0.5) is 0 Å². The summed E-state index contributed by atoms with van der Waals surface area (Å²) in [5.74, 6) is 0.918. The van der Waals surface area contributed by atoms with Gasteiger partial charge < -0.3 is 10.1 Å². The van der Waals surface area contributed by atoms with Gasteiger partial charge in [-0.15, -0.1) is 5.10 Å². The molecule has 0 aliphatic carbocycles. The predicted octanol–water partition coefficient (Wildman–Crippen LogP) is 1.37. The third-order valence-electron chi connectivity index (χ3n) is 3.22. The highest BCUT2D eigenvalue weighted by Crippen LogP contribution is 2.12. The molecule has 2 aromatic heterocycles. The molecular weight excluding hydrogens is 282 g/mol. The van der Waals surface area contributed by atoms with Gasteiger partial charge in [0.15, 0.2) is 0 Å². The zero-order valence-corrected chi connectivity index (χ0v) is 12.3. The molecule has 0 saturated carbocycles. The van der Waals surface area contributed by atoms with Crippen molar-refractivity contribution in [2.45, 2.75) is 13.5 Å². The Balaban J connectivity index is 1.74. The Bertz CT molecular complexity index is 828. The molecule has 1 amide bonds. The third kappa shape index (κ3) is 2.73. The van der Waals surface area contributed by atoms with E-state index in [0.717, 1.165) is 17.0 Å².